The van der Waals surface area contributed by atoms with Crippen molar-refractivity contribution in [2.75, 3.05) is 12.3 Å². The molecule has 0 radical (unpaired) electrons. The number of aryl methyl sites for hydroxylation is 1. The molecular formula is C14H17ClN2O2S2. The van der Waals surface area contributed by atoms with Crippen LogP contribution in [0.1, 0.15) is 17.4 Å². The van der Waals surface area contributed by atoms with E-state index in [2.05, 4.69) is 0 Å². The first-order chi connectivity index (χ1) is 9.84. The van der Waals surface area contributed by atoms with Gasteiger partial charge in [0.15, 0.2) is 0 Å². The minimum absolute atomic E-state index is 0.293. The molecule has 0 saturated carbocycles. The number of nitrogens with two attached hydrogens (primary N) is 1. The van der Waals surface area contributed by atoms with Crippen LogP contribution in [0.2, 0.25) is 4.34 Å². The Hall–Kier alpha value is -1.08. The van der Waals surface area contributed by atoms with Gasteiger partial charge in [-0.25, -0.2) is 8.42 Å². The van der Waals surface area contributed by atoms with Gasteiger partial charge in [0.05, 0.1) is 9.23 Å². The minimum Gasteiger partial charge on any atom is -0.399 e. The van der Waals surface area contributed by atoms with E-state index >= 15 is 0 Å². The molecule has 0 saturated heterocycles. The summed E-state index contributed by atoms with van der Waals surface area (Å²) in [5.41, 5.74) is 6.89. The Labute approximate surface area is 134 Å². The zero-order chi connectivity index (χ0) is 15.6. The third kappa shape index (κ3) is 3.58. The number of halogens is 1. The van der Waals surface area contributed by atoms with E-state index in [9.17, 15) is 8.42 Å². The Morgan fingerprint density at radius 1 is 1.29 bits per heavy atom. The molecule has 2 aromatic rings. The van der Waals surface area contributed by atoms with Crippen LogP contribution in [-0.4, -0.2) is 19.3 Å². The van der Waals surface area contributed by atoms with E-state index in [1.807, 2.05) is 13.0 Å². The molecule has 0 spiro atoms. The van der Waals surface area contributed by atoms with Gasteiger partial charge in [0.1, 0.15) is 0 Å². The quantitative estimate of drug-likeness (QED) is 0.844. The summed E-state index contributed by atoms with van der Waals surface area (Å²) in [6, 6.07) is 8.46. The summed E-state index contributed by atoms with van der Waals surface area (Å²) < 4.78 is 27.6. The molecule has 21 heavy (non-hydrogen) atoms. The molecule has 114 valence electrons. The van der Waals surface area contributed by atoms with E-state index in [-0.39, 0.29) is 0 Å². The highest BCUT2D eigenvalue weighted by Gasteiger charge is 2.25. The molecule has 7 heteroatoms. The number of sulfonamides is 1. The number of hydrogen-bond donors (Lipinski definition) is 1. The second-order valence-electron chi connectivity index (χ2n) is 4.66. The zero-order valence-electron chi connectivity index (χ0n) is 11.8. The Kier molecular flexibility index (Phi) is 4.93. The number of benzene rings is 1. The smallest absolute Gasteiger partial charge is 0.243 e. The van der Waals surface area contributed by atoms with Gasteiger partial charge in [-0.1, -0.05) is 18.5 Å². The molecule has 0 aliphatic carbocycles. The van der Waals surface area contributed by atoms with Gasteiger partial charge in [0.2, 0.25) is 10.0 Å². The summed E-state index contributed by atoms with van der Waals surface area (Å²) in [7, 11) is -3.55. The maximum absolute atomic E-state index is 12.8. The minimum atomic E-state index is -3.55. The number of anilines is 1. The second kappa shape index (κ2) is 6.36. The van der Waals surface area contributed by atoms with Gasteiger partial charge in [0, 0.05) is 23.7 Å². The van der Waals surface area contributed by atoms with Crippen LogP contribution in [-0.2, 0) is 16.6 Å². The Balaban J connectivity index is 2.35. The molecule has 0 aliphatic rings. The van der Waals surface area contributed by atoms with E-state index in [4.69, 9.17) is 17.3 Å². The lowest BCUT2D eigenvalue weighted by Gasteiger charge is -2.21. The van der Waals surface area contributed by atoms with Crippen molar-refractivity contribution in [3.05, 3.63) is 45.1 Å². The lowest BCUT2D eigenvalue weighted by atomic mass is 10.2. The van der Waals surface area contributed by atoms with Crippen LogP contribution in [0.3, 0.4) is 0 Å². The first-order valence-corrected chi connectivity index (χ1v) is 9.08. The summed E-state index contributed by atoms with van der Waals surface area (Å²) in [6.45, 7) is 4.28. The lowest BCUT2D eigenvalue weighted by Crippen LogP contribution is -2.30. The predicted octanol–water partition coefficient (Wildman–Crippen LogP) is 3.50. The van der Waals surface area contributed by atoms with Gasteiger partial charge in [-0.2, -0.15) is 4.31 Å². The summed E-state index contributed by atoms with van der Waals surface area (Å²) in [6.07, 6.45) is 0. The molecule has 2 N–H and O–H groups in total. The predicted molar refractivity (Wildman–Crippen MR) is 88.2 cm³/mol. The van der Waals surface area contributed by atoms with Gasteiger partial charge < -0.3 is 5.73 Å². The van der Waals surface area contributed by atoms with Gasteiger partial charge in [0.25, 0.3) is 0 Å². The summed E-state index contributed by atoms with van der Waals surface area (Å²) in [4.78, 5) is 1.21. The molecule has 0 aliphatic heterocycles. The van der Waals surface area contributed by atoms with Crippen molar-refractivity contribution in [2.45, 2.75) is 25.3 Å². The highest BCUT2D eigenvalue weighted by Crippen LogP contribution is 2.27. The number of hydrogen-bond acceptors (Lipinski definition) is 4. The molecule has 0 fully saturated rings. The molecule has 4 nitrogen and oxygen atoms in total. The zero-order valence-corrected chi connectivity index (χ0v) is 14.2. The maximum atomic E-state index is 12.8. The number of nitrogen functional groups attached to an aromatic ring is 1. The standard InChI is InChI=1S/C14H17ClN2O2S2/c1-3-17(9-12-5-7-14(15)20-12)21(18,19)13-6-4-11(16)8-10(13)2/h4-8H,3,9,16H2,1-2H3. The SMILES string of the molecule is CCN(Cc1ccc(Cl)s1)S(=O)(=O)c1ccc(N)cc1C. The third-order valence-electron chi connectivity index (χ3n) is 3.13. The normalized spacial score (nSPS) is 12.0. The number of thiophene rings is 1. The van der Waals surface area contributed by atoms with Crippen molar-refractivity contribution in [1.82, 2.24) is 4.31 Å². The average Bonchev–Trinajstić information content (AvgIpc) is 2.80. The fourth-order valence-electron chi connectivity index (χ4n) is 2.08. The summed E-state index contributed by atoms with van der Waals surface area (Å²) >= 11 is 7.29. The molecule has 0 bridgehead atoms. The average molecular weight is 345 g/mol. The molecule has 1 aromatic carbocycles. The Morgan fingerprint density at radius 3 is 2.52 bits per heavy atom. The van der Waals surface area contributed by atoms with Gasteiger partial charge in [-0.15, -0.1) is 11.3 Å². The van der Waals surface area contributed by atoms with E-state index in [1.54, 1.807) is 31.2 Å². The number of nitrogens with zero attached hydrogens (tertiary/aromatic N) is 1. The summed E-state index contributed by atoms with van der Waals surface area (Å²) in [5.74, 6) is 0. The number of rotatable bonds is 5. The van der Waals surface area contributed by atoms with Gasteiger partial charge in [-0.3, -0.25) is 0 Å². The fourth-order valence-corrected chi connectivity index (χ4v) is 4.90. The lowest BCUT2D eigenvalue weighted by molar-refractivity contribution is 0.426. The molecule has 2 rings (SSSR count). The van der Waals surface area contributed by atoms with Crippen molar-refractivity contribution < 1.29 is 8.42 Å². The van der Waals surface area contributed by atoms with Crippen molar-refractivity contribution in [2.24, 2.45) is 0 Å². The van der Waals surface area contributed by atoms with E-state index in [0.717, 1.165) is 4.88 Å². The van der Waals surface area contributed by atoms with Crippen LogP contribution in [0.25, 0.3) is 0 Å². The molecule has 0 amide bonds. The first kappa shape index (κ1) is 16.3. The van der Waals surface area contributed by atoms with Gasteiger partial charge in [-0.05, 0) is 42.8 Å². The van der Waals surface area contributed by atoms with Crippen molar-refractivity contribution in [3.8, 4) is 0 Å². The van der Waals surface area contributed by atoms with E-state index in [1.165, 1.54) is 15.6 Å². The van der Waals surface area contributed by atoms with Crippen LogP contribution >= 0.6 is 22.9 Å². The van der Waals surface area contributed by atoms with E-state index in [0.29, 0.717) is 33.6 Å². The summed E-state index contributed by atoms with van der Waals surface area (Å²) in [5, 5.41) is 0. The highest BCUT2D eigenvalue weighted by molar-refractivity contribution is 7.89. The van der Waals surface area contributed by atoms with Crippen LogP contribution in [0.5, 0.6) is 0 Å². The van der Waals surface area contributed by atoms with Crippen molar-refractivity contribution >= 4 is 38.6 Å². The fraction of sp³-hybridized carbons (Fsp3) is 0.286. The van der Waals surface area contributed by atoms with Crippen LogP contribution < -0.4 is 5.73 Å². The Morgan fingerprint density at radius 2 is 2.00 bits per heavy atom. The molecule has 0 unspecified atom stereocenters. The molecule has 1 aromatic heterocycles. The topological polar surface area (TPSA) is 63.4 Å². The Bertz CT molecular complexity index is 741. The maximum Gasteiger partial charge on any atom is 0.243 e. The molecule has 1 heterocycles. The van der Waals surface area contributed by atoms with Crippen molar-refractivity contribution in [3.63, 3.8) is 0 Å². The highest BCUT2D eigenvalue weighted by atomic mass is 35.5. The van der Waals surface area contributed by atoms with Crippen LogP contribution in [0.4, 0.5) is 5.69 Å². The van der Waals surface area contributed by atoms with Crippen LogP contribution in [0.15, 0.2) is 35.2 Å². The van der Waals surface area contributed by atoms with Crippen molar-refractivity contribution in [1.29, 1.82) is 0 Å². The largest absolute Gasteiger partial charge is 0.399 e. The van der Waals surface area contributed by atoms with E-state index < -0.39 is 10.0 Å². The second-order valence-corrected chi connectivity index (χ2v) is 8.37. The van der Waals surface area contributed by atoms with Gasteiger partial charge >= 0.3 is 0 Å². The first-order valence-electron chi connectivity index (χ1n) is 6.45. The molecule has 0 atom stereocenters. The molecular weight excluding hydrogens is 328 g/mol. The van der Waals surface area contributed by atoms with Crippen LogP contribution in [0, 0.1) is 6.92 Å². The monoisotopic (exact) mass is 344 g/mol. The third-order valence-corrected chi connectivity index (χ3v) is 6.43.